The van der Waals surface area contributed by atoms with Gasteiger partial charge in [0.15, 0.2) is 5.82 Å². The molecule has 1 unspecified atom stereocenters. The molecule has 1 atom stereocenters. The molecule has 1 amide bonds. The molecule has 2 aromatic heterocycles. The second-order valence-corrected chi connectivity index (χ2v) is 5.63. The van der Waals surface area contributed by atoms with Crippen LogP contribution in [0.3, 0.4) is 0 Å². The van der Waals surface area contributed by atoms with E-state index in [2.05, 4.69) is 36.5 Å². The van der Waals surface area contributed by atoms with Gasteiger partial charge in [0.05, 0.1) is 16.8 Å². The summed E-state index contributed by atoms with van der Waals surface area (Å²) in [5.41, 5.74) is 0. The molecule has 3 heterocycles. The van der Waals surface area contributed by atoms with Crippen molar-refractivity contribution in [2.75, 3.05) is 13.2 Å². The van der Waals surface area contributed by atoms with Gasteiger partial charge in [-0.15, -0.1) is 0 Å². The molecule has 0 aliphatic carbocycles. The van der Waals surface area contributed by atoms with Crippen molar-refractivity contribution in [3.05, 3.63) is 28.6 Å². The number of nitrogens with one attached hydrogen (secondary N) is 1. The molecule has 0 spiro atoms. The zero-order valence-electron chi connectivity index (χ0n) is 11.2. The van der Waals surface area contributed by atoms with Crippen molar-refractivity contribution >= 4 is 21.8 Å². The van der Waals surface area contributed by atoms with Gasteiger partial charge in [0.1, 0.15) is 6.54 Å². The number of halogens is 1. The first-order valence-electron chi connectivity index (χ1n) is 6.61. The molecule has 0 aromatic carbocycles. The van der Waals surface area contributed by atoms with Crippen LogP contribution in [0.5, 0.6) is 0 Å². The van der Waals surface area contributed by atoms with E-state index in [9.17, 15) is 4.79 Å². The van der Waals surface area contributed by atoms with Gasteiger partial charge in [-0.3, -0.25) is 9.48 Å². The van der Waals surface area contributed by atoms with E-state index in [4.69, 9.17) is 9.26 Å². The Hall–Kier alpha value is -1.74. The van der Waals surface area contributed by atoms with Gasteiger partial charge in [0.2, 0.25) is 0 Å². The number of nitrogens with zero attached hydrogens (tertiary/aromatic N) is 4. The third-order valence-corrected chi connectivity index (χ3v) is 3.49. The molecule has 112 valence electrons. The summed E-state index contributed by atoms with van der Waals surface area (Å²) in [7, 11) is 0. The first-order valence-corrected chi connectivity index (χ1v) is 7.40. The lowest BCUT2D eigenvalue weighted by molar-refractivity contribution is 0.0822. The highest BCUT2D eigenvalue weighted by Crippen LogP contribution is 2.11. The fourth-order valence-electron chi connectivity index (χ4n) is 2.07. The average molecular weight is 356 g/mol. The number of amides is 1. The van der Waals surface area contributed by atoms with Crippen LogP contribution in [-0.4, -0.2) is 45.1 Å². The minimum absolute atomic E-state index is 0.0470. The Kier molecular flexibility index (Phi) is 4.30. The molecule has 3 rings (SSSR count). The highest BCUT2D eigenvalue weighted by molar-refractivity contribution is 9.10. The summed E-state index contributed by atoms with van der Waals surface area (Å²) in [6.07, 6.45) is 5.52. The maximum atomic E-state index is 11.9. The first-order chi connectivity index (χ1) is 10.2. The van der Waals surface area contributed by atoms with Gasteiger partial charge in [0.25, 0.3) is 0 Å². The number of hydrogen-bond acceptors (Lipinski definition) is 6. The summed E-state index contributed by atoms with van der Waals surface area (Å²) in [5.74, 6) is -0.0343. The molecule has 0 saturated carbocycles. The van der Waals surface area contributed by atoms with Crippen LogP contribution in [-0.2, 0) is 11.3 Å². The van der Waals surface area contributed by atoms with Crippen LogP contribution in [0.1, 0.15) is 29.4 Å². The molecule has 1 fully saturated rings. The Balaban J connectivity index is 1.54. The van der Waals surface area contributed by atoms with Crippen molar-refractivity contribution in [3.8, 4) is 0 Å². The van der Waals surface area contributed by atoms with Crippen molar-refractivity contribution < 1.29 is 14.1 Å². The topological polar surface area (TPSA) is 95.1 Å². The Morgan fingerprint density at radius 3 is 3.19 bits per heavy atom. The molecule has 9 heteroatoms. The fourth-order valence-corrected chi connectivity index (χ4v) is 2.40. The van der Waals surface area contributed by atoms with Crippen molar-refractivity contribution in [3.63, 3.8) is 0 Å². The summed E-state index contributed by atoms with van der Waals surface area (Å²) in [6.45, 7) is 1.56. The fraction of sp³-hybridized carbons (Fsp3) is 0.500. The molecule has 1 N–H and O–H groups in total. The van der Waals surface area contributed by atoms with E-state index in [1.54, 1.807) is 17.1 Å². The van der Waals surface area contributed by atoms with Crippen LogP contribution in [0.2, 0.25) is 0 Å². The molecule has 1 saturated heterocycles. The molecule has 2 aromatic rings. The van der Waals surface area contributed by atoms with E-state index < -0.39 is 0 Å². The van der Waals surface area contributed by atoms with Crippen LogP contribution < -0.4 is 5.32 Å². The Morgan fingerprint density at radius 2 is 2.48 bits per heavy atom. The van der Waals surface area contributed by atoms with Gasteiger partial charge >= 0.3 is 11.8 Å². The number of ether oxygens (including phenoxy) is 1. The van der Waals surface area contributed by atoms with Gasteiger partial charge in [-0.25, -0.2) is 0 Å². The van der Waals surface area contributed by atoms with Gasteiger partial charge < -0.3 is 14.6 Å². The SMILES string of the molecule is O=C(NCC1CCCO1)c1nc(Cn2cc(Br)cn2)no1. The van der Waals surface area contributed by atoms with Crippen LogP contribution >= 0.6 is 15.9 Å². The minimum Gasteiger partial charge on any atom is -0.376 e. The van der Waals surface area contributed by atoms with Gasteiger partial charge in [-0.1, -0.05) is 5.16 Å². The normalized spacial score (nSPS) is 18.0. The summed E-state index contributed by atoms with van der Waals surface area (Å²) < 4.78 is 12.9. The smallest absolute Gasteiger partial charge is 0.316 e. The van der Waals surface area contributed by atoms with Crippen molar-refractivity contribution in [1.29, 1.82) is 0 Å². The second-order valence-electron chi connectivity index (χ2n) is 4.72. The number of hydrogen-bond donors (Lipinski definition) is 1. The highest BCUT2D eigenvalue weighted by atomic mass is 79.9. The zero-order valence-corrected chi connectivity index (χ0v) is 12.7. The van der Waals surface area contributed by atoms with E-state index in [0.29, 0.717) is 18.9 Å². The van der Waals surface area contributed by atoms with Crippen LogP contribution in [0.25, 0.3) is 0 Å². The van der Waals surface area contributed by atoms with Crippen molar-refractivity contribution in [2.45, 2.75) is 25.5 Å². The van der Waals surface area contributed by atoms with E-state index in [-0.39, 0.29) is 17.9 Å². The third kappa shape index (κ3) is 3.67. The zero-order chi connectivity index (χ0) is 14.7. The number of aromatic nitrogens is 4. The van der Waals surface area contributed by atoms with Gasteiger partial charge in [-0.05, 0) is 28.8 Å². The summed E-state index contributed by atoms with van der Waals surface area (Å²) in [4.78, 5) is 15.9. The Labute approximate surface area is 129 Å². The lowest BCUT2D eigenvalue weighted by atomic mass is 10.2. The maximum absolute atomic E-state index is 11.9. The van der Waals surface area contributed by atoms with Gasteiger partial charge in [0, 0.05) is 19.3 Å². The van der Waals surface area contributed by atoms with Crippen molar-refractivity contribution in [2.24, 2.45) is 0 Å². The second kappa shape index (κ2) is 6.35. The maximum Gasteiger partial charge on any atom is 0.316 e. The van der Waals surface area contributed by atoms with Gasteiger partial charge in [-0.2, -0.15) is 10.1 Å². The predicted octanol–water partition coefficient (Wildman–Crippen LogP) is 0.986. The number of carbonyl (C=O) groups excluding carboxylic acids is 1. The summed E-state index contributed by atoms with van der Waals surface area (Å²) >= 11 is 3.30. The van der Waals surface area contributed by atoms with E-state index in [0.717, 1.165) is 23.9 Å². The molecule has 0 bridgehead atoms. The lowest BCUT2D eigenvalue weighted by Gasteiger charge is -2.08. The first kappa shape index (κ1) is 14.2. The minimum atomic E-state index is -0.383. The highest BCUT2D eigenvalue weighted by Gasteiger charge is 2.19. The predicted molar refractivity (Wildman–Crippen MR) is 74.6 cm³/mol. The van der Waals surface area contributed by atoms with E-state index in [1.807, 2.05) is 0 Å². The lowest BCUT2D eigenvalue weighted by Crippen LogP contribution is -2.31. The molecule has 21 heavy (non-hydrogen) atoms. The molecule has 1 aliphatic rings. The standard InChI is InChI=1S/C12H14BrN5O3/c13-8-4-15-18(6-8)7-10-16-12(21-17-10)11(19)14-5-9-2-1-3-20-9/h4,6,9H,1-3,5,7H2,(H,14,19). The van der Waals surface area contributed by atoms with E-state index >= 15 is 0 Å². The largest absolute Gasteiger partial charge is 0.376 e. The van der Waals surface area contributed by atoms with Crippen LogP contribution in [0.4, 0.5) is 0 Å². The van der Waals surface area contributed by atoms with Crippen LogP contribution in [0.15, 0.2) is 21.4 Å². The Morgan fingerprint density at radius 1 is 1.57 bits per heavy atom. The number of carbonyl (C=O) groups is 1. The molecule has 1 aliphatic heterocycles. The number of rotatable bonds is 5. The third-order valence-electron chi connectivity index (χ3n) is 3.08. The molecule has 8 nitrogen and oxygen atoms in total. The van der Waals surface area contributed by atoms with E-state index in [1.165, 1.54) is 0 Å². The summed E-state index contributed by atoms with van der Waals surface area (Å²) in [6, 6.07) is 0. The Bertz CT molecular complexity index is 620. The molecular formula is C12H14BrN5O3. The quantitative estimate of drug-likeness (QED) is 0.858. The van der Waals surface area contributed by atoms with Crippen molar-refractivity contribution in [1.82, 2.24) is 25.2 Å². The average Bonchev–Trinajstić information content (AvgIpc) is 3.19. The molecule has 0 radical (unpaired) electrons. The summed E-state index contributed by atoms with van der Waals surface area (Å²) in [5, 5.41) is 10.6. The van der Waals surface area contributed by atoms with Crippen LogP contribution in [0, 0.1) is 0 Å². The monoisotopic (exact) mass is 355 g/mol. The molecular weight excluding hydrogens is 342 g/mol.